The van der Waals surface area contributed by atoms with Crippen molar-refractivity contribution < 1.29 is 0 Å². The van der Waals surface area contributed by atoms with Gasteiger partial charge >= 0.3 is 0 Å². The Hall–Kier alpha value is -1.16. The molecule has 0 N–H and O–H groups in total. The number of aromatic nitrogens is 2. The smallest absolute Gasteiger partial charge is 0.253 e. The van der Waals surface area contributed by atoms with E-state index in [1.165, 1.54) is 32.4 Å². The summed E-state index contributed by atoms with van der Waals surface area (Å²) < 4.78 is 1.81. The molecule has 2 fully saturated rings. The third-order valence-electron chi connectivity index (χ3n) is 4.22. The first kappa shape index (κ1) is 11.0. The van der Waals surface area contributed by atoms with Crippen molar-refractivity contribution in [2.45, 2.75) is 44.2 Å². The quantitative estimate of drug-likeness (QED) is 0.775. The van der Waals surface area contributed by atoms with Crippen LogP contribution in [-0.2, 0) is 0 Å². The van der Waals surface area contributed by atoms with Crippen LogP contribution in [0, 0.1) is 0 Å². The first-order valence-electron chi connectivity index (χ1n) is 6.61. The summed E-state index contributed by atoms with van der Waals surface area (Å²) in [6.45, 7) is 2.56. The maximum atomic E-state index is 11.7. The van der Waals surface area contributed by atoms with Gasteiger partial charge in [-0.1, -0.05) is 0 Å². The standard InChI is InChI=1S/C13H19N3O/c17-13-6-7-14-10-16(13)12-4-2-11(3-5-12)15-8-1-9-15/h6-7,10-12H,1-5,8-9H2. The van der Waals surface area contributed by atoms with Crippen molar-refractivity contribution in [1.29, 1.82) is 0 Å². The summed E-state index contributed by atoms with van der Waals surface area (Å²) in [7, 11) is 0. The summed E-state index contributed by atoms with van der Waals surface area (Å²) >= 11 is 0. The van der Waals surface area contributed by atoms with Crippen molar-refractivity contribution in [3.05, 3.63) is 28.9 Å². The lowest BCUT2D eigenvalue weighted by molar-refractivity contribution is 0.0797. The molecule has 2 aliphatic rings. The molecule has 0 spiro atoms. The molecule has 3 rings (SSSR count). The zero-order valence-electron chi connectivity index (χ0n) is 10.1. The number of hydrogen-bond donors (Lipinski definition) is 0. The summed E-state index contributed by atoms with van der Waals surface area (Å²) in [4.78, 5) is 18.4. The van der Waals surface area contributed by atoms with Crippen molar-refractivity contribution in [2.75, 3.05) is 13.1 Å². The summed E-state index contributed by atoms with van der Waals surface area (Å²) in [6, 6.07) is 2.70. The topological polar surface area (TPSA) is 38.1 Å². The fourth-order valence-corrected chi connectivity index (χ4v) is 3.04. The zero-order chi connectivity index (χ0) is 11.7. The molecule has 1 saturated heterocycles. The molecular weight excluding hydrogens is 214 g/mol. The van der Waals surface area contributed by atoms with E-state index in [1.807, 2.05) is 4.57 Å². The SMILES string of the molecule is O=c1ccncn1C1CCC(N2CCC2)CC1. The van der Waals surface area contributed by atoms with Crippen LogP contribution in [0.4, 0.5) is 0 Å². The molecule has 1 aromatic rings. The molecule has 92 valence electrons. The normalized spacial score (nSPS) is 29.9. The van der Waals surface area contributed by atoms with Crippen LogP contribution in [0.3, 0.4) is 0 Å². The number of likely N-dealkylation sites (tertiary alicyclic amines) is 1. The second-order valence-corrected chi connectivity index (χ2v) is 5.18. The summed E-state index contributed by atoms with van der Waals surface area (Å²) in [5.41, 5.74) is 0.0902. The Kier molecular flexibility index (Phi) is 2.97. The van der Waals surface area contributed by atoms with Gasteiger partial charge in [0, 0.05) is 24.3 Å². The maximum Gasteiger partial charge on any atom is 0.253 e. The van der Waals surface area contributed by atoms with E-state index >= 15 is 0 Å². The number of hydrogen-bond acceptors (Lipinski definition) is 3. The van der Waals surface area contributed by atoms with Crippen molar-refractivity contribution >= 4 is 0 Å². The van der Waals surface area contributed by atoms with E-state index < -0.39 is 0 Å². The highest BCUT2D eigenvalue weighted by Crippen LogP contribution is 2.31. The molecule has 0 radical (unpaired) electrons. The van der Waals surface area contributed by atoms with Gasteiger partial charge in [-0.15, -0.1) is 0 Å². The monoisotopic (exact) mass is 233 g/mol. The molecule has 4 nitrogen and oxygen atoms in total. The molecule has 0 atom stereocenters. The highest BCUT2D eigenvalue weighted by molar-refractivity contribution is 4.90. The highest BCUT2D eigenvalue weighted by atomic mass is 16.1. The molecule has 1 aromatic heterocycles. The van der Waals surface area contributed by atoms with Gasteiger partial charge in [-0.05, 0) is 45.2 Å². The van der Waals surface area contributed by atoms with E-state index in [1.54, 1.807) is 18.6 Å². The molecule has 2 heterocycles. The average Bonchev–Trinajstić information content (AvgIpc) is 2.29. The molecule has 1 saturated carbocycles. The Morgan fingerprint density at radius 2 is 1.82 bits per heavy atom. The zero-order valence-corrected chi connectivity index (χ0v) is 10.1. The molecule has 0 unspecified atom stereocenters. The molecule has 17 heavy (non-hydrogen) atoms. The van der Waals surface area contributed by atoms with Crippen molar-refractivity contribution in [3.8, 4) is 0 Å². The van der Waals surface area contributed by atoms with E-state index in [9.17, 15) is 4.79 Å². The Bertz CT molecular complexity index is 430. The van der Waals surface area contributed by atoms with Gasteiger partial charge in [0.2, 0.25) is 0 Å². The van der Waals surface area contributed by atoms with Crippen molar-refractivity contribution in [2.24, 2.45) is 0 Å². The van der Waals surface area contributed by atoms with Crippen LogP contribution in [0.2, 0.25) is 0 Å². The van der Waals surface area contributed by atoms with Crippen LogP contribution in [0.15, 0.2) is 23.4 Å². The van der Waals surface area contributed by atoms with Crippen LogP contribution in [0.1, 0.15) is 38.1 Å². The Labute approximate surface area is 101 Å². The molecule has 0 aromatic carbocycles. The van der Waals surface area contributed by atoms with Crippen LogP contribution >= 0.6 is 0 Å². The van der Waals surface area contributed by atoms with Gasteiger partial charge < -0.3 is 4.90 Å². The van der Waals surface area contributed by atoms with Crippen LogP contribution in [-0.4, -0.2) is 33.6 Å². The van der Waals surface area contributed by atoms with Crippen LogP contribution in [0.5, 0.6) is 0 Å². The molecule has 0 bridgehead atoms. The van der Waals surface area contributed by atoms with Crippen molar-refractivity contribution in [1.82, 2.24) is 14.5 Å². The highest BCUT2D eigenvalue weighted by Gasteiger charge is 2.29. The molecule has 1 aliphatic carbocycles. The first-order chi connectivity index (χ1) is 8.34. The van der Waals surface area contributed by atoms with Crippen LogP contribution in [0.25, 0.3) is 0 Å². The fourth-order valence-electron chi connectivity index (χ4n) is 3.04. The first-order valence-corrected chi connectivity index (χ1v) is 6.61. The van der Waals surface area contributed by atoms with Gasteiger partial charge in [-0.2, -0.15) is 0 Å². The lowest BCUT2D eigenvalue weighted by Crippen LogP contribution is -2.47. The van der Waals surface area contributed by atoms with E-state index in [0.29, 0.717) is 6.04 Å². The summed E-state index contributed by atoms with van der Waals surface area (Å²) in [5, 5.41) is 0. The Morgan fingerprint density at radius 3 is 2.41 bits per heavy atom. The molecular formula is C13H19N3O. The average molecular weight is 233 g/mol. The third kappa shape index (κ3) is 2.14. The van der Waals surface area contributed by atoms with E-state index in [-0.39, 0.29) is 5.56 Å². The predicted molar refractivity (Wildman–Crippen MR) is 66.0 cm³/mol. The maximum absolute atomic E-state index is 11.7. The van der Waals surface area contributed by atoms with Gasteiger partial charge in [-0.25, -0.2) is 4.98 Å². The molecule has 4 heteroatoms. The van der Waals surface area contributed by atoms with E-state index in [0.717, 1.165) is 18.9 Å². The summed E-state index contributed by atoms with van der Waals surface area (Å²) in [6.07, 6.45) is 9.32. The lowest BCUT2D eigenvalue weighted by atomic mass is 9.88. The number of rotatable bonds is 2. The van der Waals surface area contributed by atoms with Gasteiger partial charge in [0.25, 0.3) is 5.56 Å². The van der Waals surface area contributed by atoms with Gasteiger partial charge in [0.15, 0.2) is 0 Å². The van der Waals surface area contributed by atoms with E-state index in [2.05, 4.69) is 9.88 Å². The Balaban J connectivity index is 1.65. The minimum absolute atomic E-state index is 0.0902. The predicted octanol–water partition coefficient (Wildman–Crippen LogP) is 1.43. The van der Waals surface area contributed by atoms with Gasteiger partial charge in [0.05, 0.1) is 6.33 Å². The largest absolute Gasteiger partial charge is 0.300 e. The minimum atomic E-state index is 0.0902. The minimum Gasteiger partial charge on any atom is -0.300 e. The second-order valence-electron chi connectivity index (χ2n) is 5.18. The fraction of sp³-hybridized carbons (Fsp3) is 0.692. The van der Waals surface area contributed by atoms with Crippen LogP contribution < -0.4 is 5.56 Å². The summed E-state index contributed by atoms with van der Waals surface area (Å²) in [5.74, 6) is 0. The molecule has 1 aliphatic heterocycles. The molecule has 0 amide bonds. The second kappa shape index (κ2) is 4.61. The van der Waals surface area contributed by atoms with Crippen molar-refractivity contribution in [3.63, 3.8) is 0 Å². The third-order valence-corrected chi connectivity index (χ3v) is 4.22. The van der Waals surface area contributed by atoms with Gasteiger partial charge in [0.1, 0.15) is 0 Å². The number of nitrogens with zero attached hydrogens (tertiary/aromatic N) is 3. The Morgan fingerprint density at radius 1 is 1.12 bits per heavy atom. The van der Waals surface area contributed by atoms with Gasteiger partial charge in [-0.3, -0.25) is 9.36 Å². The van der Waals surface area contributed by atoms with E-state index in [4.69, 9.17) is 0 Å². The lowest BCUT2D eigenvalue weighted by Gasteiger charge is -2.42.